The molecule has 20 heavy (non-hydrogen) atoms. The van der Waals surface area contributed by atoms with Gasteiger partial charge in [-0.1, -0.05) is 18.2 Å². The lowest BCUT2D eigenvalue weighted by atomic mass is 10.1. The van der Waals surface area contributed by atoms with Gasteiger partial charge < -0.3 is 5.32 Å². The number of benzene rings is 2. The van der Waals surface area contributed by atoms with Crippen molar-refractivity contribution in [3.63, 3.8) is 0 Å². The van der Waals surface area contributed by atoms with Crippen LogP contribution in [-0.2, 0) is 12.4 Å². The lowest BCUT2D eigenvalue weighted by molar-refractivity contribution is 0.0950. The van der Waals surface area contributed by atoms with Crippen molar-refractivity contribution in [2.75, 3.05) is 0 Å². The van der Waals surface area contributed by atoms with E-state index in [9.17, 15) is 13.6 Å². The van der Waals surface area contributed by atoms with Gasteiger partial charge in [0.1, 0.15) is 0 Å². The molecule has 0 saturated heterocycles. The number of carbonyl (C=O) groups is 1. The Hall–Kier alpha value is -1.94. The molecule has 2 aromatic carbocycles. The summed E-state index contributed by atoms with van der Waals surface area (Å²) in [6.07, 6.45) is 0. The van der Waals surface area contributed by atoms with Gasteiger partial charge in [0.15, 0.2) is 11.6 Å². The summed E-state index contributed by atoms with van der Waals surface area (Å²) in [5.41, 5.74) is 1.81. The fraction of sp³-hybridized carbons (Fsp3) is 0.133. The Morgan fingerprint density at radius 1 is 1.05 bits per heavy atom. The highest BCUT2D eigenvalue weighted by Gasteiger charge is 2.07. The molecule has 1 amide bonds. The van der Waals surface area contributed by atoms with Gasteiger partial charge >= 0.3 is 0 Å². The van der Waals surface area contributed by atoms with E-state index in [2.05, 4.69) is 5.32 Å². The monoisotopic (exact) mass is 295 g/mol. The quantitative estimate of drug-likeness (QED) is 0.857. The predicted octanol–water partition coefficient (Wildman–Crippen LogP) is 3.63. The minimum atomic E-state index is -0.930. The van der Waals surface area contributed by atoms with E-state index in [1.54, 1.807) is 18.2 Å². The Morgan fingerprint density at radius 2 is 1.85 bits per heavy atom. The third-order valence-corrected chi connectivity index (χ3v) is 3.09. The number of amides is 1. The molecular formula is C15H12ClF2NO. The zero-order chi connectivity index (χ0) is 14.5. The largest absolute Gasteiger partial charge is 0.348 e. The van der Waals surface area contributed by atoms with Crippen LogP contribution in [0.1, 0.15) is 21.5 Å². The smallest absolute Gasteiger partial charge is 0.251 e. The molecule has 104 valence electrons. The molecular weight excluding hydrogens is 284 g/mol. The van der Waals surface area contributed by atoms with Crippen molar-refractivity contribution in [3.05, 3.63) is 70.8 Å². The van der Waals surface area contributed by atoms with Crippen LogP contribution < -0.4 is 5.32 Å². The molecule has 0 saturated carbocycles. The Balaban J connectivity index is 2.02. The van der Waals surface area contributed by atoms with Crippen molar-refractivity contribution in [3.8, 4) is 0 Å². The first-order valence-corrected chi connectivity index (χ1v) is 6.50. The lowest BCUT2D eigenvalue weighted by Gasteiger charge is -2.07. The van der Waals surface area contributed by atoms with Gasteiger partial charge in [0.25, 0.3) is 5.91 Å². The molecule has 0 heterocycles. The molecule has 0 aliphatic heterocycles. The first kappa shape index (κ1) is 14.5. The number of hydrogen-bond acceptors (Lipinski definition) is 1. The molecule has 0 bridgehead atoms. The summed E-state index contributed by atoms with van der Waals surface area (Å²) < 4.78 is 25.8. The Kier molecular flexibility index (Phi) is 4.69. The number of alkyl halides is 1. The molecule has 5 heteroatoms. The number of nitrogens with one attached hydrogen (secondary N) is 1. The highest BCUT2D eigenvalue weighted by Crippen LogP contribution is 2.10. The SMILES string of the molecule is O=C(NCc1ccc(F)c(F)c1)c1cccc(CCl)c1. The highest BCUT2D eigenvalue weighted by atomic mass is 35.5. The highest BCUT2D eigenvalue weighted by molar-refractivity contribution is 6.17. The molecule has 2 rings (SSSR count). The lowest BCUT2D eigenvalue weighted by Crippen LogP contribution is -2.22. The topological polar surface area (TPSA) is 29.1 Å². The summed E-state index contributed by atoms with van der Waals surface area (Å²) in [7, 11) is 0. The van der Waals surface area contributed by atoms with E-state index < -0.39 is 11.6 Å². The van der Waals surface area contributed by atoms with Gasteiger partial charge in [0.2, 0.25) is 0 Å². The Bertz CT molecular complexity index is 631. The fourth-order valence-electron chi connectivity index (χ4n) is 1.73. The molecule has 2 nitrogen and oxygen atoms in total. The van der Waals surface area contributed by atoms with Crippen LogP contribution in [0.4, 0.5) is 8.78 Å². The Morgan fingerprint density at radius 3 is 2.55 bits per heavy atom. The average Bonchev–Trinajstić information content (AvgIpc) is 2.48. The maximum atomic E-state index is 13.0. The first-order chi connectivity index (χ1) is 9.60. The van der Waals surface area contributed by atoms with Crippen LogP contribution in [0.2, 0.25) is 0 Å². The van der Waals surface area contributed by atoms with Crippen molar-refractivity contribution < 1.29 is 13.6 Å². The second kappa shape index (κ2) is 6.48. The molecule has 0 atom stereocenters. The predicted molar refractivity (Wildman–Crippen MR) is 73.5 cm³/mol. The minimum absolute atomic E-state index is 0.126. The van der Waals surface area contributed by atoms with Crippen molar-refractivity contribution in [1.82, 2.24) is 5.32 Å². The summed E-state index contributed by atoms with van der Waals surface area (Å²) in [6.45, 7) is 0.126. The summed E-state index contributed by atoms with van der Waals surface area (Å²) in [6, 6.07) is 10.4. The third kappa shape index (κ3) is 3.54. The van der Waals surface area contributed by atoms with E-state index in [4.69, 9.17) is 11.6 Å². The van der Waals surface area contributed by atoms with Crippen LogP contribution in [0.3, 0.4) is 0 Å². The van der Waals surface area contributed by atoms with E-state index in [0.29, 0.717) is 17.0 Å². The summed E-state index contributed by atoms with van der Waals surface area (Å²) >= 11 is 5.70. The fourth-order valence-corrected chi connectivity index (χ4v) is 1.90. The number of halogens is 3. The molecule has 0 unspecified atom stereocenters. The van der Waals surface area contributed by atoms with Crippen molar-refractivity contribution in [2.24, 2.45) is 0 Å². The van der Waals surface area contributed by atoms with E-state index in [1.165, 1.54) is 6.07 Å². The standard InChI is InChI=1S/C15H12ClF2NO/c16-8-10-2-1-3-12(6-10)15(20)19-9-11-4-5-13(17)14(18)7-11/h1-7H,8-9H2,(H,19,20). The molecule has 0 aromatic heterocycles. The van der Waals surface area contributed by atoms with Crippen LogP contribution in [0.15, 0.2) is 42.5 Å². The first-order valence-electron chi connectivity index (χ1n) is 5.97. The van der Waals surface area contributed by atoms with Crippen molar-refractivity contribution >= 4 is 17.5 Å². The number of hydrogen-bond donors (Lipinski definition) is 1. The van der Waals surface area contributed by atoms with Gasteiger partial charge in [0, 0.05) is 18.0 Å². The maximum Gasteiger partial charge on any atom is 0.251 e. The molecule has 2 aromatic rings. The van der Waals surface area contributed by atoms with Crippen LogP contribution in [0, 0.1) is 11.6 Å². The van der Waals surface area contributed by atoms with Crippen molar-refractivity contribution in [1.29, 1.82) is 0 Å². The molecule has 0 spiro atoms. The summed E-state index contributed by atoms with van der Waals surface area (Å²) in [5, 5.41) is 2.64. The van der Waals surface area contributed by atoms with Crippen LogP contribution in [0.5, 0.6) is 0 Å². The third-order valence-electron chi connectivity index (χ3n) is 2.78. The van der Waals surface area contributed by atoms with Crippen molar-refractivity contribution in [2.45, 2.75) is 12.4 Å². The van der Waals surface area contributed by atoms with E-state index in [1.807, 2.05) is 6.07 Å². The van der Waals surface area contributed by atoms with Gasteiger partial charge in [-0.25, -0.2) is 8.78 Å². The molecule has 1 N–H and O–H groups in total. The molecule has 0 radical (unpaired) electrons. The van der Waals surface area contributed by atoms with Gasteiger partial charge in [-0.3, -0.25) is 4.79 Å². The van der Waals surface area contributed by atoms with Gasteiger partial charge in [-0.15, -0.1) is 11.6 Å². The maximum absolute atomic E-state index is 13.0. The molecule has 0 fully saturated rings. The second-order valence-electron chi connectivity index (χ2n) is 4.27. The second-order valence-corrected chi connectivity index (χ2v) is 4.53. The zero-order valence-corrected chi connectivity index (χ0v) is 11.3. The van der Waals surface area contributed by atoms with Gasteiger partial charge in [0.05, 0.1) is 0 Å². The zero-order valence-electron chi connectivity index (χ0n) is 10.5. The summed E-state index contributed by atoms with van der Waals surface area (Å²) in [5.74, 6) is -1.80. The van der Waals surface area contributed by atoms with Crippen LogP contribution >= 0.6 is 11.6 Å². The molecule has 0 aliphatic carbocycles. The average molecular weight is 296 g/mol. The Labute approximate surface area is 120 Å². The number of carbonyl (C=O) groups excluding carboxylic acids is 1. The van der Waals surface area contributed by atoms with E-state index in [-0.39, 0.29) is 12.5 Å². The van der Waals surface area contributed by atoms with E-state index >= 15 is 0 Å². The molecule has 0 aliphatic rings. The summed E-state index contributed by atoms with van der Waals surface area (Å²) in [4.78, 5) is 11.9. The number of rotatable bonds is 4. The minimum Gasteiger partial charge on any atom is -0.348 e. The van der Waals surface area contributed by atoms with Gasteiger partial charge in [-0.05, 0) is 35.4 Å². The van der Waals surface area contributed by atoms with Crippen LogP contribution in [0.25, 0.3) is 0 Å². The normalized spacial score (nSPS) is 10.3. The van der Waals surface area contributed by atoms with E-state index in [0.717, 1.165) is 17.7 Å². The van der Waals surface area contributed by atoms with Crippen LogP contribution in [-0.4, -0.2) is 5.91 Å². The van der Waals surface area contributed by atoms with Gasteiger partial charge in [-0.2, -0.15) is 0 Å².